The third kappa shape index (κ3) is 4.91. The topological polar surface area (TPSA) is 61.4 Å². The van der Waals surface area contributed by atoms with E-state index >= 15 is 0 Å². The van der Waals surface area contributed by atoms with Crippen LogP contribution in [0.2, 0.25) is 0 Å². The number of nitrogens with one attached hydrogen (secondary N) is 2. The first-order valence-electron chi connectivity index (χ1n) is 7.02. The Morgan fingerprint density at radius 1 is 1.10 bits per heavy atom. The predicted molar refractivity (Wildman–Crippen MR) is 81.8 cm³/mol. The van der Waals surface area contributed by atoms with Gasteiger partial charge in [0.2, 0.25) is 11.8 Å². The van der Waals surface area contributed by atoms with Crippen molar-refractivity contribution < 1.29 is 9.59 Å². The summed E-state index contributed by atoms with van der Waals surface area (Å²) >= 11 is 0. The number of hydrogen-bond acceptors (Lipinski definition) is 3. The number of carbonyl (C=O) groups is 2. The van der Waals surface area contributed by atoms with E-state index in [-0.39, 0.29) is 18.4 Å². The zero-order valence-electron chi connectivity index (χ0n) is 12.4. The van der Waals surface area contributed by atoms with Crippen molar-refractivity contribution in [1.82, 2.24) is 4.90 Å². The Kier molecular flexibility index (Phi) is 6.56. The minimum atomic E-state index is -0.0265. The molecule has 20 heavy (non-hydrogen) atoms. The van der Waals surface area contributed by atoms with E-state index in [1.165, 1.54) is 0 Å². The average Bonchev–Trinajstić information content (AvgIpc) is 2.46. The fourth-order valence-corrected chi connectivity index (χ4v) is 1.82. The summed E-state index contributed by atoms with van der Waals surface area (Å²) in [7, 11) is 0. The second-order valence-electron chi connectivity index (χ2n) is 4.40. The monoisotopic (exact) mass is 277 g/mol. The first-order valence-corrected chi connectivity index (χ1v) is 7.02. The van der Waals surface area contributed by atoms with E-state index in [0.29, 0.717) is 19.5 Å². The molecule has 0 heterocycles. The van der Waals surface area contributed by atoms with Crippen LogP contribution in [0.4, 0.5) is 11.4 Å². The molecule has 0 bridgehead atoms. The highest BCUT2D eigenvalue weighted by Crippen LogP contribution is 2.15. The smallest absolute Gasteiger partial charge is 0.241 e. The van der Waals surface area contributed by atoms with E-state index < -0.39 is 0 Å². The van der Waals surface area contributed by atoms with Gasteiger partial charge in [-0.3, -0.25) is 9.59 Å². The van der Waals surface area contributed by atoms with Crippen LogP contribution in [0, 0.1) is 0 Å². The Bertz CT molecular complexity index is 456. The van der Waals surface area contributed by atoms with Crippen molar-refractivity contribution in [2.24, 2.45) is 0 Å². The number of nitrogens with zero attached hydrogens (tertiary/aromatic N) is 1. The van der Waals surface area contributed by atoms with E-state index in [0.717, 1.165) is 11.4 Å². The van der Waals surface area contributed by atoms with Crippen molar-refractivity contribution in [3.05, 3.63) is 24.3 Å². The summed E-state index contributed by atoms with van der Waals surface area (Å²) in [4.78, 5) is 25.0. The molecule has 0 aliphatic carbocycles. The highest BCUT2D eigenvalue weighted by molar-refractivity contribution is 5.91. The summed E-state index contributed by atoms with van der Waals surface area (Å²) in [6.45, 7) is 7.41. The van der Waals surface area contributed by atoms with Crippen molar-refractivity contribution in [3.8, 4) is 0 Å². The lowest BCUT2D eigenvalue weighted by atomic mass is 10.2. The van der Waals surface area contributed by atoms with Gasteiger partial charge < -0.3 is 15.5 Å². The molecular formula is C15H23N3O2. The van der Waals surface area contributed by atoms with Gasteiger partial charge in [-0.05, 0) is 32.0 Å². The van der Waals surface area contributed by atoms with Crippen molar-refractivity contribution >= 4 is 23.2 Å². The number of carbonyl (C=O) groups excluding carboxylic acids is 2. The Morgan fingerprint density at radius 3 is 2.35 bits per heavy atom. The molecule has 0 spiro atoms. The van der Waals surface area contributed by atoms with Crippen LogP contribution in [0.1, 0.15) is 27.2 Å². The van der Waals surface area contributed by atoms with E-state index in [4.69, 9.17) is 0 Å². The maximum absolute atomic E-state index is 11.9. The lowest BCUT2D eigenvalue weighted by Gasteiger charge is -2.19. The first kappa shape index (κ1) is 16.0. The van der Waals surface area contributed by atoms with Crippen LogP contribution < -0.4 is 10.6 Å². The summed E-state index contributed by atoms with van der Waals surface area (Å²) < 4.78 is 0. The standard InChI is InChI=1S/C15H23N3O2/c1-4-14(19)17-13-9-7-8-12(10-13)16-11-15(20)18(5-2)6-3/h7-10,16H,4-6,11H2,1-3H3,(H,17,19). The van der Waals surface area contributed by atoms with E-state index in [1.807, 2.05) is 38.1 Å². The largest absolute Gasteiger partial charge is 0.376 e. The number of amides is 2. The summed E-state index contributed by atoms with van der Waals surface area (Å²) in [5.74, 6) is 0.0411. The molecule has 1 aromatic rings. The van der Waals surface area contributed by atoms with Crippen LogP contribution in [0.5, 0.6) is 0 Å². The van der Waals surface area contributed by atoms with Gasteiger partial charge in [0.25, 0.3) is 0 Å². The molecule has 0 aliphatic heterocycles. The Hall–Kier alpha value is -2.04. The lowest BCUT2D eigenvalue weighted by Crippen LogP contribution is -2.35. The summed E-state index contributed by atoms with van der Waals surface area (Å²) in [6, 6.07) is 7.36. The van der Waals surface area contributed by atoms with Gasteiger partial charge in [-0.2, -0.15) is 0 Å². The normalized spacial score (nSPS) is 9.95. The molecule has 1 rings (SSSR count). The first-order chi connectivity index (χ1) is 9.60. The van der Waals surface area contributed by atoms with Gasteiger partial charge in [0.1, 0.15) is 0 Å². The quantitative estimate of drug-likeness (QED) is 0.804. The SMILES string of the molecule is CCC(=O)Nc1cccc(NCC(=O)N(CC)CC)c1. The third-order valence-corrected chi connectivity index (χ3v) is 3.03. The molecule has 5 nitrogen and oxygen atoms in total. The molecule has 5 heteroatoms. The van der Waals surface area contributed by atoms with Crippen LogP contribution in [0.25, 0.3) is 0 Å². The minimum Gasteiger partial charge on any atom is -0.376 e. The zero-order chi connectivity index (χ0) is 15.0. The van der Waals surface area contributed by atoms with Crippen molar-refractivity contribution in [1.29, 1.82) is 0 Å². The van der Waals surface area contributed by atoms with Gasteiger partial charge in [0, 0.05) is 30.9 Å². The Labute approximate surface area is 120 Å². The van der Waals surface area contributed by atoms with Crippen molar-refractivity contribution in [3.63, 3.8) is 0 Å². The van der Waals surface area contributed by atoms with Crippen LogP contribution in [-0.2, 0) is 9.59 Å². The molecule has 0 radical (unpaired) electrons. The molecule has 0 atom stereocenters. The predicted octanol–water partition coefficient (Wildman–Crippen LogP) is 2.32. The van der Waals surface area contributed by atoms with Gasteiger partial charge >= 0.3 is 0 Å². The van der Waals surface area contributed by atoms with Crippen LogP contribution in [-0.4, -0.2) is 36.3 Å². The van der Waals surface area contributed by atoms with Gasteiger partial charge in [-0.15, -0.1) is 0 Å². The number of anilines is 2. The van der Waals surface area contributed by atoms with E-state index in [2.05, 4.69) is 10.6 Å². The number of benzene rings is 1. The molecule has 1 aromatic carbocycles. The molecule has 0 aliphatic rings. The summed E-state index contributed by atoms with van der Waals surface area (Å²) in [5.41, 5.74) is 1.55. The van der Waals surface area contributed by atoms with Gasteiger partial charge in [0.05, 0.1) is 6.54 Å². The number of likely N-dealkylation sites (N-methyl/N-ethyl adjacent to an activating group) is 1. The lowest BCUT2D eigenvalue weighted by molar-refractivity contribution is -0.128. The highest BCUT2D eigenvalue weighted by Gasteiger charge is 2.08. The molecule has 2 N–H and O–H groups in total. The fourth-order valence-electron chi connectivity index (χ4n) is 1.82. The molecule has 110 valence electrons. The molecule has 0 fully saturated rings. The van der Waals surface area contributed by atoms with E-state index in [9.17, 15) is 9.59 Å². The summed E-state index contributed by atoms with van der Waals surface area (Å²) in [5, 5.41) is 5.87. The van der Waals surface area contributed by atoms with Crippen LogP contribution in [0.3, 0.4) is 0 Å². The zero-order valence-corrected chi connectivity index (χ0v) is 12.4. The van der Waals surface area contributed by atoms with E-state index in [1.54, 1.807) is 11.8 Å². The number of rotatable bonds is 7. The van der Waals surface area contributed by atoms with Crippen LogP contribution in [0.15, 0.2) is 24.3 Å². The molecule has 0 saturated heterocycles. The molecule has 0 saturated carbocycles. The fraction of sp³-hybridized carbons (Fsp3) is 0.467. The maximum Gasteiger partial charge on any atom is 0.241 e. The maximum atomic E-state index is 11.9. The summed E-state index contributed by atoms with van der Waals surface area (Å²) in [6.07, 6.45) is 0.443. The van der Waals surface area contributed by atoms with Crippen LogP contribution >= 0.6 is 0 Å². The highest BCUT2D eigenvalue weighted by atomic mass is 16.2. The molecular weight excluding hydrogens is 254 g/mol. The van der Waals surface area contributed by atoms with Crippen molar-refractivity contribution in [2.45, 2.75) is 27.2 Å². The average molecular weight is 277 g/mol. The second-order valence-corrected chi connectivity index (χ2v) is 4.40. The number of hydrogen-bond donors (Lipinski definition) is 2. The van der Waals surface area contributed by atoms with Gasteiger partial charge in [-0.25, -0.2) is 0 Å². The molecule has 2 amide bonds. The minimum absolute atomic E-state index is 0.0265. The Balaban J connectivity index is 2.58. The van der Waals surface area contributed by atoms with Gasteiger partial charge in [-0.1, -0.05) is 13.0 Å². The van der Waals surface area contributed by atoms with Crippen molar-refractivity contribution in [2.75, 3.05) is 30.3 Å². The van der Waals surface area contributed by atoms with Gasteiger partial charge in [0.15, 0.2) is 0 Å². The molecule has 0 aromatic heterocycles. The Morgan fingerprint density at radius 2 is 1.75 bits per heavy atom. The third-order valence-electron chi connectivity index (χ3n) is 3.03. The second kappa shape index (κ2) is 8.19. The molecule has 0 unspecified atom stereocenters.